The number of carbonyl (C=O) groups excluding carboxylic acids is 4. The van der Waals surface area contributed by atoms with Gasteiger partial charge >= 0.3 is 11.9 Å². The fourth-order valence-electron chi connectivity index (χ4n) is 3.09. The Hall–Kier alpha value is -3.85. The van der Waals surface area contributed by atoms with E-state index in [0.29, 0.717) is 11.3 Å². The molecule has 0 saturated carbocycles. The summed E-state index contributed by atoms with van der Waals surface area (Å²) in [5.41, 5.74) is 11.0. The van der Waals surface area contributed by atoms with Crippen LogP contribution in [-0.2, 0) is 35.2 Å². The fourth-order valence-corrected chi connectivity index (χ4v) is 3.56. The Morgan fingerprint density at radius 3 is 1.92 bits per heavy atom. The van der Waals surface area contributed by atoms with Gasteiger partial charge in [0, 0.05) is 6.42 Å². The maximum Gasteiger partial charge on any atom is 0.326 e. The van der Waals surface area contributed by atoms with Crippen molar-refractivity contribution in [3.8, 4) is 5.75 Å². The van der Waals surface area contributed by atoms with E-state index in [4.69, 9.17) is 11.5 Å². The number of nitrogens with one attached hydrogen (secondary N) is 3. The lowest BCUT2D eigenvalue weighted by atomic mass is 10.0. The lowest BCUT2D eigenvalue weighted by Gasteiger charge is -2.24. The highest BCUT2D eigenvalue weighted by Crippen LogP contribution is 2.12. The molecule has 10 N–H and O–H groups in total. The Bertz CT molecular complexity index is 989. The Morgan fingerprint density at radius 2 is 1.41 bits per heavy atom. The third-order valence-corrected chi connectivity index (χ3v) is 5.65. The van der Waals surface area contributed by atoms with Crippen molar-refractivity contribution < 1.29 is 44.1 Å². The molecule has 15 heteroatoms. The molecule has 4 unspecified atom stereocenters. The van der Waals surface area contributed by atoms with Crippen molar-refractivity contribution in [1.29, 1.82) is 0 Å². The van der Waals surface area contributed by atoms with Gasteiger partial charge in [-0.2, -0.15) is 11.8 Å². The maximum absolute atomic E-state index is 13.0. The number of carboxylic acids is 2. The standard InChI is InChI=1S/C22H31N5O9S/c1-37-7-6-14(22(35)36)25-20(33)15(8-11-2-4-12(28)5-3-11)27-21(34)16(10-18(30)31)26-19(32)13(23)9-17(24)29/h2-5,13-16,28H,6-10,23H2,1H3,(H2,24,29)(H,25,33)(H,26,32)(H,27,34)(H,30,31)(H,35,36). The monoisotopic (exact) mass is 541 g/mol. The Kier molecular flexibility index (Phi) is 12.9. The highest BCUT2D eigenvalue weighted by Gasteiger charge is 2.31. The first kappa shape index (κ1) is 31.2. The molecule has 0 saturated heterocycles. The highest BCUT2D eigenvalue weighted by molar-refractivity contribution is 7.98. The zero-order chi connectivity index (χ0) is 28.1. The third kappa shape index (κ3) is 11.6. The van der Waals surface area contributed by atoms with Gasteiger partial charge in [0.1, 0.15) is 23.9 Å². The van der Waals surface area contributed by atoms with Crippen LogP contribution < -0.4 is 27.4 Å². The second kappa shape index (κ2) is 15.3. The van der Waals surface area contributed by atoms with Gasteiger partial charge in [-0.15, -0.1) is 0 Å². The number of benzene rings is 1. The number of hydrogen-bond acceptors (Lipinski definition) is 9. The highest BCUT2D eigenvalue weighted by atomic mass is 32.2. The molecule has 0 aromatic heterocycles. The minimum absolute atomic E-state index is 0.0478. The number of aromatic hydroxyl groups is 1. The number of primary amides is 1. The number of phenolic OH excluding ortho intramolecular Hbond substituents is 1. The number of thioether (sulfide) groups is 1. The lowest BCUT2D eigenvalue weighted by Crippen LogP contribution is -2.58. The van der Waals surface area contributed by atoms with Gasteiger partial charge in [-0.3, -0.25) is 24.0 Å². The molecule has 0 aliphatic rings. The number of rotatable bonds is 16. The molecule has 4 amide bonds. The Labute approximate surface area is 216 Å². The maximum atomic E-state index is 13.0. The van der Waals surface area contributed by atoms with Crippen LogP contribution in [0.1, 0.15) is 24.8 Å². The van der Waals surface area contributed by atoms with E-state index in [9.17, 15) is 44.1 Å². The van der Waals surface area contributed by atoms with Gasteiger partial charge in [-0.25, -0.2) is 4.79 Å². The largest absolute Gasteiger partial charge is 0.508 e. The van der Waals surface area contributed by atoms with E-state index < -0.39 is 72.6 Å². The van der Waals surface area contributed by atoms with E-state index >= 15 is 0 Å². The summed E-state index contributed by atoms with van der Waals surface area (Å²) >= 11 is 1.38. The van der Waals surface area contributed by atoms with E-state index in [1.165, 1.54) is 36.0 Å². The number of carboxylic acid groups (broad SMARTS) is 2. The van der Waals surface area contributed by atoms with Crippen LogP contribution in [0.3, 0.4) is 0 Å². The summed E-state index contributed by atoms with van der Waals surface area (Å²) in [6.07, 6.45) is 0.297. The normalized spacial score (nSPS) is 13.9. The summed E-state index contributed by atoms with van der Waals surface area (Å²) in [4.78, 5) is 72.1. The van der Waals surface area contributed by atoms with E-state index in [1.807, 2.05) is 0 Å². The zero-order valence-corrected chi connectivity index (χ0v) is 20.8. The zero-order valence-electron chi connectivity index (χ0n) is 20.0. The van der Waals surface area contributed by atoms with Crippen molar-refractivity contribution in [2.75, 3.05) is 12.0 Å². The number of carbonyl (C=O) groups is 6. The van der Waals surface area contributed by atoms with Crippen LogP contribution in [0.15, 0.2) is 24.3 Å². The molecule has 0 heterocycles. The number of hydrogen-bond donors (Lipinski definition) is 8. The van der Waals surface area contributed by atoms with Crippen molar-refractivity contribution in [2.24, 2.45) is 11.5 Å². The Balaban J connectivity index is 3.15. The van der Waals surface area contributed by atoms with E-state index in [0.717, 1.165) is 0 Å². The molecule has 4 atom stereocenters. The molecule has 1 rings (SSSR count). The van der Waals surface area contributed by atoms with E-state index in [-0.39, 0.29) is 18.6 Å². The molecule has 204 valence electrons. The lowest BCUT2D eigenvalue weighted by molar-refractivity contribution is -0.143. The van der Waals surface area contributed by atoms with Crippen molar-refractivity contribution in [3.63, 3.8) is 0 Å². The van der Waals surface area contributed by atoms with Crippen LogP contribution in [0.4, 0.5) is 0 Å². The topological polar surface area (TPSA) is 251 Å². The molecule has 0 spiro atoms. The average molecular weight is 542 g/mol. The molecular formula is C22H31N5O9S. The first-order valence-corrected chi connectivity index (χ1v) is 12.4. The predicted octanol–water partition coefficient (Wildman–Crippen LogP) is -2.10. The smallest absolute Gasteiger partial charge is 0.326 e. The van der Waals surface area contributed by atoms with Gasteiger partial charge in [0.05, 0.1) is 18.9 Å². The summed E-state index contributed by atoms with van der Waals surface area (Å²) in [7, 11) is 0. The summed E-state index contributed by atoms with van der Waals surface area (Å²) in [6, 6.07) is -0.0962. The molecule has 0 bridgehead atoms. The van der Waals surface area contributed by atoms with Crippen LogP contribution in [0.25, 0.3) is 0 Å². The minimum Gasteiger partial charge on any atom is -0.508 e. The van der Waals surface area contributed by atoms with Crippen molar-refractivity contribution in [2.45, 2.75) is 49.9 Å². The molecular weight excluding hydrogens is 510 g/mol. The summed E-state index contributed by atoms with van der Waals surface area (Å²) in [5.74, 6) is -6.16. The van der Waals surface area contributed by atoms with Crippen LogP contribution in [0, 0.1) is 0 Å². The number of nitrogens with two attached hydrogens (primary N) is 2. The summed E-state index contributed by atoms with van der Waals surface area (Å²) in [5, 5.41) is 35.0. The van der Waals surface area contributed by atoms with Crippen LogP contribution in [0.2, 0.25) is 0 Å². The SMILES string of the molecule is CSCCC(NC(=O)C(Cc1ccc(O)cc1)NC(=O)C(CC(=O)O)NC(=O)C(N)CC(N)=O)C(=O)O. The van der Waals surface area contributed by atoms with Crippen LogP contribution >= 0.6 is 11.8 Å². The van der Waals surface area contributed by atoms with Gasteiger partial charge in [0.2, 0.25) is 23.6 Å². The van der Waals surface area contributed by atoms with Crippen LogP contribution in [0.5, 0.6) is 5.75 Å². The number of aliphatic carboxylic acids is 2. The second-order valence-electron chi connectivity index (χ2n) is 8.05. The number of amides is 4. The van der Waals surface area contributed by atoms with E-state index in [1.54, 1.807) is 6.26 Å². The molecule has 0 aliphatic heterocycles. The van der Waals surface area contributed by atoms with Crippen molar-refractivity contribution in [1.82, 2.24) is 16.0 Å². The summed E-state index contributed by atoms with van der Waals surface area (Å²) in [6.45, 7) is 0. The molecule has 0 radical (unpaired) electrons. The number of phenols is 1. The molecule has 37 heavy (non-hydrogen) atoms. The van der Waals surface area contributed by atoms with Crippen molar-refractivity contribution in [3.05, 3.63) is 29.8 Å². The molecule has 1 aromatic rings. The third-order valence-electron chi connectivity index (χ3n) is 5.00. The predicted molar refractivity (Wildman–Crippen MR) is 132 cm³/mol. The fraction of sp³-hybridized carbons (Fsp3) is 0.455. The molecule has 1 aromatic carbocycles. The van der Waals surface area contributed by atoms with Crippen LogP contribution in [-0.4, -0.2) is 87.1 Å². The van der Waals surface area contributed by atoms with Gasteiger partial charge in [0.15, 0.2) is 0 Å². The second-order valence-corrected chi connectivity index (χ2v) is 9.03. The van der Waals surface area contributed by atoms with Gasteiger partial charge in [-0.1, -0.05) is 12.1 Å². The first-order chi connectivity index (χ1) is 17.3. The van der Waals surface area contributed by atoms with Crippen molar-refractivity contribution >= 4 is 47.3 Å². The Morgan fingerprint density at radius 1 is 0.865 bits per heavy atom. The minimum atomic E-state index is -1.68. The molecule has 14 nitrogen and oxygen atoms in total. The van der Waals surface area contributed by atoms with Gasteiger partial charge < -0.3 is 42.7 Å². The summed E-state index contributed by atoms with van der Waals surface area (Å²) < 4.78 is 0. The van der Waals surface area contributed by atoms with Gasteiger partial charge in [0.25, 0.3) is 0 Å². The van der Waals surface area contributed by atoms with E-state index in [2.05, 4.69) is 16.0 Å². The first-order valence-electron chi connectivity index (χ1n) is 11.0. The molecule has 0 aliphatic carbocycles. The average Bonchev–Trinajstić information content (AvgIpc) is 2.80. The quantitative estimate of drug-likeness (QED) is 0.112. The molecule has 0 fully saturated rings. The van der Waals surface area contributed by atoms with Gasteiger partial charge in [-0.05, 0) is 36.1 Å².